The second kappa shape index (κ2) is 6.76. The van der Waals surface area contributed by atoms with Crippen LogP contribution >= 0.6 is 11.6 Å². The number of carbonyl (C=O) groups is 2. The molecular weight excluding hydrogens is 330 g/mol. The fourth-order valence-corrected chi connectivity index (χ4v) is 2.60. The third-order valence-corrected chi connectivity index (χ3v) is 3.82. The third-order valence-electron chi connectivity index (χ3n) is 3.58. The number of benzene rings is 1. The Morgan fingerprint density at radius 2 is 2.17 bits per heavy atom. The first-order valence-electron chi connectivity index (χ1n) is 7.33. The highest BCUT2D eigenvalue weighted by atomic mass is 35.5. The van der Waals surface area contributed by atoms with Gasteiger partial charge in [0.05, 0.1) is 18.3 Å². The summed E-state index contributed by atoms with van der Waals surface area (Å²) in [7, 11) is 1.56. The van der Waals surface area contributed by atoms with Gasteiger partial charge in [0.1, 0.15) is 6.54 Å². The first-order chi connectivity index (χ1) is 11.5. The van der Waals surface area contributed by atoms with Crippen LogP contribution in [0.2, 0.25) is 5.02 Å². The molecule has 24 heavy (non-hydrogen) atoms. The Morgan fingerprint density at radius 3 is 2.96 bits per heavy atom. The maximum atomic E-state index is 12.2. The van der Waals surface area contributed by atoms with Crippen molar-refractivity contribution in [3.63, 3.8) is 0 Å². The maximum absolute atomic E-state index is 12.2. The molecule has 2 heterocycles. The molecule has 3 rings (SSSR count). The van der Waals surface area contributed by atoms with E-state index in [9.17, 15) is 9.59 Å². The van der Waals surface area contributed by atoms with Crippen LogP contribution in [0.3, 0.4) is 0 Å². The molecule has 0 radical (unpaired) electrons. The average Bonchev–Trinajstić information content (AvgIpc) is 3.14. The zero-order valence-corrected chi connectivity index (χ0v) is 13.7. The Bertz CT molecular complexity index is 899. The van der Waals surface area contributed by atoms with Gasteiger partial charge in [-0.15, -0.1) is 0 Å². The molecule has 3 N–H and O–H groups in total. The van der Waals surface area contributed by atoms with Gasteiger partial charge in [0.15, 0.2) is 0 Å². The highest BCUT2D eigenvalue weighted by Gasteiger charge is 2.11. The largest absolute Gasteiger partial charge is 0.361 e. The molecule has 0 aliphatic heterocycles. The summed E-state index contributed by atoms with van der Waals surface area (Å²) in [5.74, 6) is -0.321. The smallest absolute Gasteiger partial charge is 0.241 e. The van der Waals surface area contributed by atoms with E-state index in [1.807, 2.05) is 12.1 Å². The first-order valence-corrected chi connectivity index (χ1v) is 7.71. The molecular formula is C16H16ClN5O2. The van der Waals surface area contributed by atoms with Crippen LogP contribution in [0.25, 0.3) is 10.9 Å². The van der Waals surface area contributed by atoms with Gasteiger partial charge in [-0.2, -0.15) is 5.10 Å². The summed E-state index contributed by atoms with van der Waals surface area (Å²) in [5.41, 5.74) is 2.33. The molecule has 2 aromatic heterocycles. The summed E-state index contributed by atoms with van der Waals surface area (Å²) in [5, 5.41) is 10.9. The molecule has 0 saturated carbocycles. The number of aromatic nitrogens is 3. The van der Waals surface area contributed by atoms with Crippen molar-refractivity contribution in [1.82, 2.24) is 20.1 Å². The number of fused-ring (bicyclic) bond motifs is 1. The summed E-state index contributed by atoms with van der Waals surface area (Å²) in [6.45, 7) is 0.107. The molecule has 1 aromatic carbocycles. The zero-order chi connectivity index (χ0) is 17.1. The number of nitrogens with zero attached hydrogens (tertiary/aromatic N) is 2. The van der Waals surface area contributed by atoms with Crippen molar-refractivity contribution in [2.24, 2.45) is 0 Å². The van der Waals surface area contributed by atoms with Crippen molar-refractivity contribution >= 4 is 40.0 Å². The number of hydrogen-bond donors (Lipinski definition) is 3. The van der Waals surface area contributed by atoms with Crippen LogP contribution in [0.15, 0.2) is 36.8 Å². The Hall–Kier alpha value is -2.80. The molecule has 0 unspecified atom stereocenters. The standard InChI is InChI=1S/C16H16ClN5O2/c1-18-16(24)9-22-8-12(7-20-22)21-15(23)4-10-6-19-14-5-11(17)2-3-13(10)14/h2-3,5-8,19H,4,9H2,1H3,(H,18,24)(H,21,23). The van der Waals surface area contributed by atoms with E-state index in [1.165, 1.54) is 10.9 Å². The van der Waals surface area contributed by atoms with Crippen LogP contribution in [-0.2, 0) is 22.6 Å². The molecule has 7 nitrogen and oxygen atoms in total. The molecule has 0 fully saturated rings. The quantitative estimate of drug-likeness (QED) is 0.660. The van der Waals surface area contributed by atoms with Crippen LogP contribution in [0.1, 0.15) is 5.56 Å². The number of likely N-dealkylation sites (N-methyl/N-ethyl adjacent to an activating group) is 1. The normalized spacial score (nSPS) is 10.8. The second-order valence-corrected chi connectivity index (χ2v) is 5.76. The molecule has 0 bridgehead atoms. The fraction of sp³-hybridized carbons (Fsp3) is 0.188. The summed E-state index contributed by atoms with van der Waals surface area (Å²) < 4.78 is 1.46. The number of amides is 2. The fourth-order valence-electron chi connectivity index (χ4n) is 2.42. The Labute approximate surface area is 143 Å². The highest BCUT2D eigenvalue weighted by Crippen LogP contribution is 2.22. The number of hydrogen-bond acceptors (Lipinski definition) is 3. The summed E-state index contributed by atoms with van der Waals surface area (Å²) >= 11 is 5.95. The van der Waals surface area contributed by atoms with Crippen LogP contribution in [0.4, 0.5) is 5.69 Å². The highest BCUT2D eigenvalue weighted by molar-refractivity contribution is 6.31. The van der Waals surface area contributed by atoms with Crippen molar-refractivity contribution in [1.29, 1.82) is 0 Å². The lowest BCUT2D eigenvalue weighted by Gasteiger charge is -2.02. The SMILES string of the molecule is CNC(=O)Cn1cc(NC(=O)Cc2c[nH]c3cc(Cl)ccc23)cn1. The summed E-state index contributed by atoms with van der Waals surface area (Å²) in [4.78, 5) is 26.6. The van der Waals surface area contributed by atoms with Gasteiger partial charge < -0.3 is 15.6 Å². The van der Waals surface area contributed by atoms with E-state index in [4.69, 9.17) is 11.6 Å². The average molecular weight is 346 g/mol. The lowest BCUT2D eigenvalue weighted by molar-refractivity contribution is -0.121. The number of nitrogens with one attached hydrogen (secondary N) is 3. The molecule has 0 saturated heterocycles. The van der Waals surface area contributed by atoms with Crippen molar-refractivity contribution in [3.8, 4) is 0 Å². The monoisotopic (exact) mass is 345 g/mol. The van der Waals surface area contributed by atoms with Gasteiger partial charge in [-0.1, -0.05) is 17.7 Å². The Morgan fingerprint density at radius 1 is 1.33 bits per heavy atom. The van der Waals surface area contributed by atoms with Crippen molar-refractivity contribution in [3.05, 3.63) is 47.4 Å². The van der Waals surface area contributed by atoms with Gasteiger partial charge in [-0.05, 0) is 17.7 Å². The van der Waals surface area contributed by atoms with Gasteiger partial charge >= 0.3 is 0 Å². The van der Waals surface area contributed by atoms with E-state index >= 15 is 0 Å². The minimum atomic E-state index is -0.162. The molecule has 8 heteroatoms. The number of carbonyl (C=O) groups excluding carboxylic acids is 2. The Kier molecular flexibility index (Phi) is 4.52. The van der Waals surface area contributed by atoms with Gasteiger partial charge in [0, 0.05) is 35.4 Å². The van der Waals surface area contributed by atoms with E-state index in [2.05, 4.69) is 20.7 Å². The van der Waals surface area contributed by atoms with E-state index < -0.39 is 0 Å². The van der Waals surface area contributed by atoms with Crippen molar-refractivity contribution in [2.75, 3.05) is 12.4 Å². The van der Waals surface area contributed by atoms with E-state index in [0.29, 0.717) is 10.7 Å². The van der Waals surface area contributed by atoms with Crippen LogP contribution in [-0.4, -0.2) is 33.6 Å². The lowest BCUT2D eigenvalue weighted by atomic mass is 10.1. The van der Waals surface area contributed by atoms with Crippen LogP contribution in [0.5, 0.6) is 0 Å². The molecule has 124 valence electrons. The van der Waals surface area contributed by atoms with E-state index in [-0.39, 0.29) is 24.8 Å². The predicted molar refractivity (Wildman–Crippen MR) is 91.9 cm³/mol. The molecule has 0 aliphatic rings. The Balaban J connectivity index is 1.66. The molecule has 0 aliphatic carbocycles. The maximum Gasteiger partial charge on any atom is 0.241 e. The predicted octanol–water partition coefficient (Wildman–Crippen LogP) is 1.94. The van der Waals surface area contributed by atoms with Crippen molar-refractivity contribution < 1.29 is 9.59 Å². The number of halogens is 1. The number of aromatic amines is 1. The van der Waals surface area contributed by atoms with Crippen molar-refractivity contribution in [2.45, 2.75) is 13.0 Å². The molecule has 0 spiro atoms. The van der Waals surface area contributed by atoms with Gasteiger partial charge in [-0.25, -0.2) is 0 Å². The minimum absolute atomic E-state index is 0.107. The zero-order valence-electron chi connectivity index (χ0n) is 13.0. The van der Waals surface area contributed by atoms with Gasteiger partial charge in [0.25, 0.3) is 0 Å². The van der Waals surface area contributed by atoms with Crippen LogP contribution in [0, 0.1) is 0 Å². The van der Waals surface area contributed by atoms with Gasteiger partial charge in [0.2, 0.25) is 11.8 Å². The second-order valence-electron chi connectivity index (χ2n) is 5.33. The van der Waals surface area contributed by atoms with E-state index in [1.54, 1.807) is 25.5 Å². The number of rotatable bonds is 5. The summed E-state index contributed by atoms with van der Waals surface area (Å²) in [6, 6.07) is 5.50. The summed E-state index contributed by atoms with van der Waals surface area (Å²) in [6.07, 6.45) is 5.15. The topological polar surface area (TPSA) is 91.8 Å². The molecule has 0 atom stereocenters. The first kappa shape index (κ1) is 16.1. The van der Waals surface area contributed by atoms with E-state index in [0.717, 1.165) is 16.5 Å². The molecule has 2 amide bonds. The number of H-pyrrole nitrogens is 1. The minimum Gasteiger partial charge on any atom is -0.361 e. The molecule has 3 aromatic rings. The number of anilines is 1. The van der Waals surface area contributed by atoms with Crippen LogP contribution < -0.4 is 10.6 Å². The van der Waals surface area contributed by atoms with Gasteiger partial charge in [-0.3, -0.25) is 14.3 Å². The third kappa shape index (κ3) is 3.57. The lowest BCUT2D eigenvalue weighted by Crippen LogP contribution is -2.23.